The maximum atomic E-state index is 13.3. The molecule has 1 atom stereocenters. The van der Waals surface area contributed by atoms with Gasteiger partial charge in [-0.3, -0.25) is 4.79 Å². The molecule has 7 heteroatoms. The van der Waals surface area contributed by atoms with Crippen molar-refractivity contribution in [1.82, 2.24) is 14.9 Å². The van der Waals surface area contributed by atoms with E-state index < -0.39 is 16.1 Å². The summed E-state index contributed by atoms with van der Waals surface area (Å²) in [5, 5.41) is 3.08. The van der Waals surface area contributed by atoms with E-state index in [0.29, 0.717) is 17.5 Å². The summed E-state index contributed by atoms with van der Waals surface area (Å²) in [4.78, 5) is 15.7. The lowest BCUT2D eigenvalue weighted by molar-refractivity contribution is -0.123. The topological polar surface area (TPSA) is 78.5 Å². The molecular weight excluding hydrogens is 410 g/mol. The molecule has 168 valence electrons. The lowest BCUT2D eigenvalue weighted by Crippen LogP contribution is -2.52. The van der Waals surface area contributed by atoms with Crippen LogP contribution in [0.1, 0.15) is 35.1 Å². The highest BCUT2D eigenvalue weighted by Gasteiger charge is 2.30. The number of carbonyl (C=O) groups is 1. The molecule has 1 fully saturated rings. The largest absolute Gasteiger partial charge is 0.352 e. The normalized spacial score (nSPS) is 16.8. The van der Waals surface area contributed by atoms with E-state index >= 15 is 0 Å². The first-order valence-corrected chi connectivity index (χ1v) is 12.3. The summed E-state index contributed by atoms with van der Waals surface area (Å²) in [5.41, 5.74) is 3.28. The Bertz CT molecular complexity index is 991. The second kappa shape index (κ2) is 9.94. The molecule has 0 radical (unpaired) electrons. The fraction of sp³-hybridized carbons (Fsp3) is 0.458. The molecule has 0 aromatic heterocycles. The Morgan fingerprint density at radius 2 is 1.65 bits per heavy atom. The number of benzene rings is 2. The van der Waals surface area contributed by atoms with Crippen molar-refractivity contribution in [2.75, 3.05) is 20.1 Å². The number of nitrogens with zero attached hydrogens (tertiary/aromatic N) is 1. The van der Waals surface area contributed by atoms with Gasteiger partial charge in [-0.05, 0) is 76.9 Å². The molecule has 3 rings (SSSR count). The average molecular weight is 444 g/mol. The van der Waals surface area contributed by atoms with Gasteiger partial charge in [-0.1, -0.05) is 48.0 Å². The number of carbonyl (C=O) groups excluding carboxylic acids is 1. The van der Waals surface area contributed by atoms with Crippen molar-refractivity contribution >= 4 is 15.9 Å². The Hall–Kier alpha value is -2.22. The molecule has 2 aromatic carbocycles. The number of aryl methyl sites for hydroxylation is 3. The van der Waals surface area contributed by atoms with Gasteiger partial charge in [-0.15, -0.1) is 0 Å². The van der Waals surface area contributed by atoms with Crippen LogP contribution in [0.2, 0.25) is 0 Å². The number of sulfonamides is 1. The summed E-state index contributed by atoms with van der Waals surface area (Å²) >= 11 is 0. The Morgan fingerprint density at radius 1 is 1.06 bits per heavy atom. The van der Waals surface area contributed by atoms with Gasteiger partial charge in [0.05, 0.1) is 4.90 Å². The number of likely N-dealkylation sites (tertiary alicyclic amines) is 1. The highest BCUT2D eigenvalue weighted by molar-refractivity contribution is 7.89. The number of amides is 1. The molecule has 31 heavy (non-hydrogen) atoms. The van der Waals surface area contributed by atoms with Crippen molar-refractivity contribution < 1.29 is 13.2 Å². The Morgan fingerprint density at radius 3 is 2.23 bits per heavy atom. The molecule has 1 amide bonds. The minimum atomic E-state index is -3.87. The fourth-order valence-corrected chi connectivity index (χ4v) is 5.98. The second-order valence-corrected chi connectivity index (χ2v) is 10.3. The van der Waals surface area contributed by atoms with E-state index in [9.17, 15) is 13.2 Å². The Labute approximate surface area is 186 Å². The second-order valence-electron chi connectivity index (χ2n) is 8.68. The molecule has 1 aliphatic heterocycles. The van der Waals surface area contributed by atoms with Crippen LogP contribution in [0.3, 0.4) is 0 Å². The van der Waals surface area contributed by atoms with Crippen LogP contribution in [0.5, 0.6) is 0 Å². The monoisotopic (exact) mass is 443 g/mol. The minimum absolute atomic E-state index is 0.0642. The number of nitrogens with one attached hydrogen (secondary N) is 2. The van der Waals surface area contributed by atoms with Gasteiger partial charge in [0.25, 0.3) is 0 Å². The first kappa shape index (κ1) is 23.4. The van der Waals surface area contributed by atoms with Gasteiger partial charge in [0.1, 0.15) is 6.04 Å². The summed E-state index contributed by atoms with van der Waals surface area (Å²) in [6, 6.07) is 12.4. The zero-order chi connectivity index (χ0) is 22.6. The molecule has 2 N–H and O–H groups in total. The van der Waals surface area contributed by atoms with Crippen LogP contribution in [0.25, 0.3) is 0 Å². The van der Waals surface area contributed by atoms with E-state index in [1.807, 2.05) is 49.4 Å². The minimum Gasteiger partial charge on any atom is -0.352 e. The third kappa shape index (κ3) is 6.15. The van der Waals surface area contributed by atoms with Gasteiger partial charge in [0.2, 0.25) is 15.9 Å². The molecule has 0 spiro atoms. The highest BCUT2D eigenvalue weighted by atomic mass is 32.2. The number of hydrogen-bond donors (Lipinski definition) is 2. The van der Waals surface area contributed by atoms with Crippen LogP contribution in [0.4, 0.5) is 0 Å². The Kier molecular flexibility index (Phi) is 7.51. The van der Waals surface area contributed by atoms with Gasteiger partial charge in [0.15, 0.2) is 0 Å². The standard InChI is InChI=1S/C24H33N3O3S/c1-17-14-18(2)23(19(3)15-17)31(29,30)26-22(16-20-8-6-5-7-9-20)24(28)25-21-10-12-27(4)13-11-21/h5-9,14-15,21-22,26H,10-13,16H2,1-4H3,(H,25,28)/t22-/m0/s1. The lowest BCUT2D eigenvalue weighted by atomic mass is 10.0. The van der Waals surface area contributed by atoms with Gasteiger partial charge < -0.3 is 10.2 Å². The Balaban J connectivity index is 1.84. The zero-order valence-corrected chi connectivity index (χ0v) is 19.6. The number of rotatable bonds is 7. The van der Waals surface area contributed by atoms with E-state index in [2.05, 4.69) is 22.0 Å². The molecule has 0 unspecified atom stereocenters. The van der Waals surface area contributed by atoms with Crippen molar-refractivity contribution in [1.29, 1.82) is 0 Å². The van der Waals surface area contributed by atoms with E-state index in [0.717, 1.165) is 37.1 Å². The van der Waals surface area contributed by atoms with Crippen molar-refractivity contribution in [3.05, 3.63) is 64.7 Å². The maximum absolute atomic E-state index is 13.3. The van der Waals surface area contributed by atoms with Gasteiger partial charge >= 0.3 is 0 Å². The van der Waals surface area contributed by atoms with Crippen molar-refractivity contribution in [2.45, 2.75) is 57.0 Å². The van der Waals surface area contributed by atoms with Crippen LogP contribution < -0.4 is 10.0 Å². The van der Waals surface area contributed by atoms with E-state index in [4.69, 9.17) is 0 Å². The molecule has 2 aromatic rings. The fourth-order valence-electron chi connectivity index (χ4n) is 4.33. The molecule has 1 heterocycles. The highest BCUT2D eigenvalue weighted by Crippen LogP contribution is 2.22. The van der Waals surface area contributed by atoms with Gasteiger partial charge in [0, 0.05) is 6.04 Å². The van der Waals surface area contributed by atoms with E-state index in [1.54, 1.807) is 13.8 Å². The van der Waals surface area contributed by atoms with Crippen LogP contribution in [0, 0.1) is 20.8 Å². The molecule has 6 nitrogen and oxygen atoms in total. The molecule has 1 aliphatic rings. The number of piperidine rings is 1. The summed E-state index contributed by atoms with van der Waals surface area (Å²) in [6.07, 6.45) is 2.02. The quantitative estimate of drug-likeness (QED) is 0.690. The van der Waals surface area contributed by atoms with E-state index in [-0.39, 0.29) is 16.8 Å². The van der Waals surface area contributed by atoms with E-state index in [1.165, 1.54) is 0 Å². The van der Waals surface area contributed by atoms with Crippen LogP contribution in [-0.2, 0) is 21.2 Å². The summed E-state index contributed by atoms with van der Waals surface area (Å²) < 4.78 is 29.4. The molecule has 1 saturated heterocycles. The predicted molar refractivity (Wildman–Crippen MR) is 124 cm³/mol. The summed E-state index contributed by atoms with van der Waals surface area (Å²) in [5.74, 6) is -0.274. The zero-order valence-electron chi connectivity index (χ0n) is 18.8. The molecule has 0 saturated carbocycles. The average Bonchev–Trinajstić information content (AvgIpc) is 2.68. The van der Waals surface area contributed by atoms with Crippen LogP contribution in [0.15, 0.2) is 47.4 Å². The molecule has 0 bridgehead atoms. The van der Waals surface area contributed by atoms with Crippen molar-refractivity contribution in [2.24, 2.45) is 0 Å². The van der Waals surface area contributed by atoms with Crippen LogP contribution in [-0.4, -0.2) is 51.4 Å². The van der Waals surface area contributed by atoms with Crippen molar-refractivity contribution in [3.63, 3.8) is 0 Å². The van der Waals surface area contributed by atoms with Crippen LogP contribution >= 0.6 is 0 Å². The first-order chi connectivity index (χ1) is 14.7. The molecular formula is C24H33N3O3S. The third-order valence-electron chi connectivity index (χ3n) is 5.83. The first-order valence-electron chi connectivity index (χ1n) is 10.8. The molecule has 0 aliphatic carbocycles. The van der Waals surface area contributed by atoms with Crippen molar-refractivity contribution in [3.8, 4) is 0 Å². The SMILES string of the molecule is Cc1cc(C)c(S(=O)(=O)N[C@@H](Cc2ccccc2)C(=O)NC2CCN(C)CC2)c(C)c1. The smallest absolute Gasteiger partial charge is 0.241 e. The summed E-state index contributed by atoms with van der Waals surface area (Å²) in [6.45, 7) is 7.36. The predicted octanol–water partition coefficient (Wildman–Crippen LogP) is 2.71. The number of hydrogen-bond acceptors (Lipinski definition) is 4. The maximum Gasteiger partial charge on any atom is 0.241 e. The lowest BCUT2D eigenvalue weighted by Gasteiger charge is -2.31. The third-order valence-corrected chi connectivity index (χ3v) is 7.61. The van der Waals surface area contributed by atoms with Gasteiger partial charge in [-0.2, -0.15) is 4.72 Å². The van der Waals surface area contributed by atoms with Gasteiger partial charge in [-0.25, -0.2) is 8.42 Å². The summed E-state index contributed by atoms with van der Waals surface area (Å²) in [7, 11) is -1.81.